The standard InChI is InChI=1S/C10H7ClN2O/c1-5-6(4-12)9-7(13-5)2-3-8(14)10(9)11/h2-3,13-14H,1H3. The molecule has 0 saturated carbocycles. The summed E-state index contributed by atoms with van der Waals surface area (Å²) in [5, 5.41) is 19.1. The van der Waals surface area contributed by atoms with Crippen molar-refractivity contribution in [3.8, 4) is 11.8 Å². The van der Waals surface area contributed by atoms with E-state index in [1.807, 2.05) is 0 Å². The largest absolute Gasteiger partial charge is 0.506 e. The van der Waals surface area contributed by atoms with Gasteiger partial charge in [0.25, 0.3) is 0 Å². The van der Waals surface area contributed by atoms with Gasteiger partial charge in [-0.2, -0.15) is 5.26 Å². The van der Waals surface area contributed by atoms with Crippen LogP contribution in [0, 0.1) is 18.3 Å². The topological polar surface area (TPSA) is 59.8 Å². The number of hydrogen-bond acceptors (Lipinski definition) is 2. The number of hydrogen-bond donors (Lipinski definition) is 2. The molecule has 0 amide bonds. The highest BCUT2D eigenvalue weighted by Crippen LogP contribution is 2.34. The van der Waals surface area contributed by atoms with Crippen molar-refractivity contribution in [3.63, 3.8) is 0 Å². The lowest BCUT2D eigenvalue weighted by Gasteiger charge is -1.97. The molecule has 0 radical (unpaired) electrons. The summed E-state index contributed by atoms with van der Waals surface area (Å²) in [6.45, 7) is 1.80. The number of aromatic amines is 1. The van der Waals surface area contributed by atoms with Gasteiger partial charge >= 0.3 is 0 Å². The summed E-state index contributed by atoms with van der Waals surface area (Å²) in [4.78, 5) is 3.03. The van der Waals surface area contributed by atoms with Crippen molar-refractivity contribution >= 4 is 22.5 Å². The third-order valence-corrected chi connectivity index (χ3v) is 2.56. The summed E-state index contributed by atoms with van der Waals surface area (Å²) in [6.07, 6.45) is 0. The number of nitrogens with zero attached hydrogens (tertiary/aromatic N) is 1. The smallest absolute Gasteiger partial charge is 0.134 e. The molecule has 0 aliphatic rings. The molecule has 1 heterocycles. The van der Waals surface area contributed by atoms with Crippen LogP contribution in [0.25, 0.3) is 10.9 Å². The summed E-state index contributed by atoms with van der Waals surface area (Å²) < 4.78 is 0. The Morgan fingerprint density at radius 3 is 2.86 bits per heavy atom. The molecule has 0 unspecified atom stereocenters. The minimum atomic E-state index is -0.00494. The summed E-state index contributed by atoms with van der Waals surface area (Å²) in [7, 11) is 0. The van der Waals surface area contributed by atoms with Crippen molar-refractivity contribution < 1.29 is 5.11 Å². The molecule has 0 saturated heterocycles. The molecule has 0 fully saturated rings. The number of phenolic OH excluding ortho intramolecular Hbond substituents is 1. The maximum atomic E-state index is 9.39. The highest BCUT2D eigenvalue weighted by molar-refractivity contribution is 6.37. The van der Waals surface area contributed by atoms with E-state index >= 15 is 0 Å². The highest BCUT2D eigenvalue weighted by atomic mass is 35.5. The Morgan fingerprint density at radius 1 is 1.50 bits per heavy atom. The van der Waals surface area contributed by atoms with Crippen LogP contribution in [-0.2, 0) is 0 Å². The van der Waals surface area contributed by atoms with E-state index in [0.29, 0.717) is 10.9 Å². The summed E-state index contributed by atoms with van der Waals surface area (Å²) >= 11 is 5.90. The number of halogens is 1. The average molecular weight is 207 g/mol. The number of aromatic nitrogens is 1. The maximum Gasteiger partial charge on any atom is 0.134 e. The fourth-order valence-electron chi connectivity index (χ4n) is 1.51. The molecule has 1 aromatic carbocycles. The fourth-order valence-corrected chi connectivity index (χ4v) is 1.76. The van der Waals surface area contributed by atoms with Gasteiger partial charge in [-0.1, -0.05) is 11.6 Å². The lowest BCUT2D eigenvalue weighted by Crippen LogP contribution is -1.76. The lowest BCUT2D eigenvalue weighted by atomic mass is 10.1. The van der Waals surface area contributed by atoms with Crippen LogP contribution in [0.1, 0.15) is 11.3 Å². The van der Waals surface area contributed by atoms with Crippen LogP contribution < -0.4 is 0 Å². The van der Waals surface area contributed by atoms with Crippen molar-refractivity contribution in [2.45, 2.75) is 6.92 Å². The Kier molecular flexibility index (Phi) is 1.87. The Morgan fingerprint density at radius 2 is 2.21 bits per heavy atom. The van der Waals surface area contributed by atoms with E-state index in [1.54, 1.807) is 13.0 Å². The molecule has 0 atom stereocenters. The van der Waals surface area contributed by atoms with Crippen LogP contribution in [0.3, 0.4) is 0 Å². The van der Waals surface area contributed by atoms with Crippen molar-refractivity contribution in [3.05, 3.63) is 28.4 Å². The normalized spacial score (nSPS) is 10.4. The predicted molar refractivity (Wildman–Crippen MR) is 54.4 cm³/mol. The molecule has 3 nitrogen and oxygen atoms in total. The van der Waals surface area contributed by atoms with Gasteiger partial charge in [-0.3, -0.25) is 0 Å². The van der Waals surface area contributed by atoms with E-state index in [9.17, 15) is 5.11 Å². The molecule has 0 aliphatic carbocycles. The number of aryl methyl sites for hydroxylation is 1. The van der Waals surface area contributed by atoms with E-state index < -0.39 is 0 Å². The average Bonchev–Trinajstić information content (AvgIpc) is 2.48. The van der Waals surface area contributed by atoms with Crippen LogP contribution in [-0.4, -0.2) is 10.1 Å². The molecule has 4 heteroatoms. The third kappa shape index (κ3) is 1.05. The van der Waals surface area contributed by atoms with E-state index in [0.717, 1.165) is 11.2 Å². The van der Waals surface area contributed by atoms with Gasteiger partial charge in [-0.25, -0.2) is 0 Å². The summed E-state index contributed by atoms with van der Waals surface area (Å²) in [5.74, 6) is -0.00494. The van der Waals surface area contributed by atoms with E-state index in [1.165, 1.54) is 6.07 Å². The third-order valence-electron chi connectivity index (χ3n) is 2.18. The summed E-state index contributed by atoms with van der Waals surface area (Å²) in [5.41, 5.74) is 2.01. The second-order valence-electron chi connectivity index (χ2n) is 3.06. The monoisotopic (exact) mass is 206 g/mol. The molecular formula is C10H7ClN2O. The van der Waals surface area contributed by atoms with Crippen LogP contribution >= 0.6 is 11.6 Å². The van der Waals surface area contributed by atoms with Gasteiger partial charge in [-0.05, 0) is 19.1 Å². The first-order valence-electron chi connectivity index (χ1n) is 4.05. The van der Waals surface area contributed by atoms with Crippen LogP contribution in [0.5, 0.6) is 5.75 Å². The molecule has 2 aromatic rings. The molecular weight excluding hydrogens is 200 g/mol. The quantitative estimate of drug-likeness (QED) is 0.696. The van der Waals surface area contributed by atoms with Crippen molar-refractivity contribution in [2.24, 2.45) is 0 Å². The van der Waals surface area contributed by atoms with Crippen LogP contribution in [0.15, 0.2) is 12.1 Å². The first kappa shape index (κ1) is 8.92. The molecule has 0 spiro atoms. The van der Waals surface area contributed by atoms with E-state index in [-0.39, 0.29) is 10.8 Å². The van der Waals surface area contributed by atoms with Crippen molar-refractivity contribution in [1.82, 2.24) is 4.98 Å². The number of nitrogens with one attached hydrogen (secondary N) is 1. The first-order chi connectivity index (χ1) is 6.65. The molecule has 0 bridgehead atoms. The van der Waals surface area contributed by atoms with Crippen molar-refractivity contribution in [1.29, 1.82) is 5.26 Å². The van der Waals surface area contributed by atoms with Gasteiger partial charge in [0.1, 0.15) is 11.8 Å². The molecule has 2 rings (SSSR count). The zero-order valence-electron chi connectivity index (χ0n) is 7.43. The van der Waals surface area contributed by atoms with Crippen molar-refractivity contribution in [2.75, 3.05) is 0 Å². The minimum Gasteiger partial charge on any atom is -0.506 e. The predicted octanol–water partition coefficient (Wildman–Crippen LogP) is 2.71. The molecule has 70 valence electrons. The lowest BCUT2D eigenvalue weighted by molar-refractivity contribution is 0.476. The SMILES string of the molecule is Cc1[nH]c2ccc(O)c(Cl)c2c1C#N. The number of nitriles is 1. The molecule has 0 aliphatic heterocycles. The Balaban J connectivity index is 3.00. The minimum absolute atomic E-state index is 0.00494. The Labute approximate surface area is 85.5 Å². The Hall–Kier alpha value is -1.66. The fraction of sp³-hybridized carbons (Fsp3) is 0.100. The van der Waals surface area contributed by atoms with Gasteiger partial charge in [0, 0.05) is 16.6 Å². The number of H-pyrrole nitrogens is 1. The van der Waals surface area contributed by atoms with Crippen LogP contribution in [0.4, 0.5) is 0 Å². The second kappa shape index (κ2) is 2.93. The van der Waals surface area contributed by atoms with Gasteiger partial charge < -0.3 is 10.1 Å². The molecule has 2 N–H and O–H groups in total. The van der Waals surface area contributed by atoms with Gasteiger partial charge in [0.15, 0.2) is 0 Å². The van der Waals surface area contributed by atoms with E-state index in [4.69, 9.17) is 16.9 Å². The summed E-state index contributed by atoms with van der Waals surface area (Å²) in [6, 6.07) is 5.26. The first-order valence-corrected chi connectivity index (χ1v) is 4.42. The number of benzene rings is 1. The van der Waals surface area contributed by atoms with Gasteiger partial charge in [-0.15, -0.1) is 0 Å². The number of rotatable bonds is 0. The van der Waals surface area contributed by atoms with E-state index in [2.05, 4.69) is 11.1 Å². The van der Waals surface area contributed by atoms with Crippen LogP contribution in [0.2, 0.25) is 5.02 Å². The van der Waals surface area contributed by atoms with Gasteiger partial charge in [0.05, 0.1) is 10.6 Å². The maximum absolute atomic E-state index is 9.39. The number of fused-ring (bicyclic) bond motifs is 1. The zero-order chi connectivity index (χ0) is 10.3. The number of phenols is 1. The molecule has 14 heavy (non-hydrogen) atoms. The second-order valence-corrected chi connectivity index (χ2v) is 3.44. The zero-order valence-corrected chi connectivity index (χ0v) is 8.18. The van der Waals surface area contributed by atoms with Gasteiger partial charge in [0.2, 0.25) is 0 Å². The number of aromatic hydroxyl groups is 1. The highest BCUT2D eigenvalue weighted by Gasteiger charge is 2.13. The Bertz CT molecular complexity index is 551. The molecule has 1 aromatic heterocycles.